The summed E-state index contributed by atoms with van der Waals surface area (Å²) in [5.74, 6) is -0.138. The minimum Gasteiger partial charge on any atom is -0.376 e. The molecule has 1 aliphatic rings. The molecule has 118 valence electrons. The summed E-state index contributed by atoms with van der Waals surface area (Å²) < 4.78 is 19.6. The molecule has 2 nitrogen and oxygen atoms in total. The number of ether oxygens (including phenoxy) is 1. The maximum atomic E-state index is 13.6. The van der Waals surface area contributed by atoms with Crippen LogP contribution in [-0.4, -0.2) is 19.3 Å². The minimum absolute atomic E-state index is 0.130. The van der Waals surface area contributed by atoms with Crippen LogP contribution in [0, 0.1) is 12.7 Å². The summed E-state index contributed by atoms with van der Waals surface area (Å²) in [4.78, 5) is 0. The summed E-state index contributed by atoms with van der Waals surface area (Å²) in [6.45, 7) is 4.82. The molecule has 0 radical (unpaired) electrons. The molecule has 1 unspecified atom stereocenters. The Morgan fingerprint density at radius 2 is 1.90 bits per heavy atom. The molecule has 1 atom stereocenters. The van der Waals surface area contributed by atoms with E-state index in [4.69, 9.17) is 4.74 Å². The van der Waals surface area contributed by atoms with Crippen LogP contribution >= 0.6 is 0 Å². The quantitative estimate of drug-likeness (QED) is 0.806. The van der Waals surface area contributed by atoms with Gasteiger partial charge in [-0.25, -0.2) is 4.39 Å². The largest absolute Gasteiger partial charge is 0.376 e. The third-order valence-electron chi connectivity index (χ3n) is 4.81. The molecule has 0 bridgehead atoms. The lowest BCUT2D eigenvalue weighted by Crippen LogP contribution is -2.45. The Morgan fingerprint density at radius 1 is 1.24 bits per heavy atom. The summed E-state index contributed by atoms with van der Waals surface area (Å²) in [5.41, 5.74) is 1.67. The van der Waals surface area contributed by atoms with Crippen LogP contribution in [0.2, 0.25) is 0 Å². The van der Waals surface area contributed by atoms with Crippen molar-refractivity contribution in [3.63, 3.8) is 0 Å². The molecule has 2 rings (SSSR count). The molecule has 21 heavy (non-hydrogen) atoms. The maximum absolute atomic E-state index is 13.6. The molecule has 0 amide bonds. The highest BCUT2D eigenvalue weighted by atomic mass is 19.1. The fourth-order valence-corrected chi connectivity index (χ4v) is 3.60. The average Bonchev–Trinajstić information content (AvgIpc) is 2.74. The normalized spacial score (nSPS) is 20.0. The second-order valence-electron chi connectivity index (χ2n) is 6.18. The molecular formula is C18H28FNO. The van der Waals surface area contributed by atoms with Gasteiger partial charge in [-0.3, -0.25) is 0 Å². The number of nitrogens with one attached hydrogen (secondary N) is 1. The Labute approximate surface area is 128 Å². The lowest BCUT2D eigenvalue weighted by atomic mass is 9.81. The first kappa shape index (κ1) is 16.4. The van der Waals surface area contributed by atoms with Crippen molar-refractivity contribution in [1.82, 2.24) is 5.32 Å². The Balaban J connectivity index is 2.36. The zero-order valence-corrected chi connectivity index (χ0v) is 13.5. The number of methoxy groups -OCH3 is 1. The fourth-order valence-electron chi connectivity index (χ4n) is 3.60. The van der Waals surface area contributed by atoms with Gasteiger partial charge < -0.3 is 10.1 Å². The van der Waals surface area contributed by atoms with Gasteiger partial charge in [0.25, 0.3) is 0 Å². The van der Waals surface area contributed by atoms with E-state index >= 15 is 0 Å². The van der Waals surface area contributed by atoms with Gasteiger partial charge in [0.15, 0.2) is 0 Å². The maximum Gasteiger partial charge on any atom is 0.126 e. The number of rotatable bonds is 5. The van der Waals surface area contributed by atoms with Gasteiger partial charge in [0.05, 0.1) is 11.6 Å². The SMILES string of the molecule is CCNC(c1ccc(F)c(C)c1)C1(OC)CCCCCC1. The van der Waals surface area contributed by atoms with Gasteiger partial charge in [-0.1, -0.05) is 44.7 Å². The molecular weight excluding hydrogens is 265 g/mol. The number of hydrogen-bond acceptors (Lipinski definition) is 2. The van der Waals surface area contributed by atoms with Gasteiger partial charge in [0.1, 0.15) is 5.82 Å². The third kappa shape index (κ3) is 3.64. The number of likely N-dealkylation sites (N-methyl/N-ethyl adjacent to an activating group) is 1. The monoisotopic (exact) mass is 293 g/mol. The van der Waals surface area contributed by atoms with Gasteiger partial charge >= 0.3 is 0 Å². The van der Waals surface area contributed by atoms with Crippen molar-refractivity contribution in [3.05, 3.63) is 35.1 Å². The molecule has 0 heterocycles. The van der Waals surface area contributed by atoms with E-state index in [0.717, 1.165) is 24.9 Å². The second-order valence-corrected chi connectivity index (χ2v) is 6.18. The Bertz CT molecular complexity index is 453. The van der Waals surface area contributed by atoms with Crippen LogP contribution in [0.4, 0.5) is 4.39 Å². The van der Waals surface area contributed by atoms with E-state index in [1.807, 2.05) is 26.2 Å². The zero-order chi connectivity index (χ0) is 15.3. The van der Waals surface area contributed by atoms with Crippen LogP contribution < -0.4 is 5.32 Å². The van der Waals surface area contributed by atoms with Crippen molar-refractivity contribution in [2.45, 2.75) is 64.0 Å². The Kier molecular flexibility index (Phi) is 5.77. The van der Waals surface area contributed by atoms with Crippen LogP contribution in [0.3, 0.4) is 0 Å². The Hall–Kier alpha value is -0.930. The van der Waals surface area contributed by atoms with Crippen LogP contribution in [0.5, 0.6) is 0 Å². The van der Waals surface area contributed by atoms with Crippen molar-refractivity contribution >= 4 is 0 Å². The minimum atomic E-state index is -0.170. The van der Waals surface area contributed by atoms with E-state index in [1.165, 1.54) is 25.7 Å². The predicted molar refractivity (Wildman–Crippen MR) is 85.0 cm³/mol. The predicted octanol–water partition coefficient (Wildman–Crippen LogP) is 4.52. The zero-order valence-electron chi connectivity index (χ0n) is 13.5. The van der Waals surface area contributed by atoms with E-state index < -0.39 is 0 Å². The van der Waals surface area contributed by atoms with Crippen LogP contribution in [0.15, 0.2) is 18.2 Å². The summed E-state index contributed by atoms with van der Waals surface area (Å²) in [6, 6.07) is 5.58. The van der Waals surface area contributed by atoms with Gasteiger partial charge in [0, 0.05) is 7.11 Å². The first-order chi connectivity index (χ1) is 10.1. The molecule has 0 saturated heterocycles. The standard InChI is InChI=1S/C18H28FNO/c1-4-20-17(15-9-10-16(19)14(2)13-15)18(21-3)11-7-5-6-8-12-18/h9-10,13,17,20H,4-8,11-12H2,1-3H3. The van der Waals surface area contributed by atoms with Crippen molar-refractivity contribution < 1.29 is 9.13 Å². The number of halogens is 1. The van der Waals surface area contributed by atoms with Crippen LogP contribution in [-0.2, 0) is 4.74 Å². The van der Waals surface area contributed by atoms with Crippen molar-refractivity contribution in [3.8, 4) is 0 Å². The average molecular weight is 293 g/mol. The van der Waals surface area contributed by atoms with E-state index in [2.05, 4.69) is 12.2 Å². The molecule has 1 aromatic carbocycles. The molecule has 3 heteroatoms. The molecule has 1 saturated carbocycles. The van der Waals surface area contributed by atoms with Crippen LogP contribution in [0.1, 0.15) is 62.6 Å². The van der Waals surface area contributed by atoms with E-state index in [0.29, 0.717) is 5.56 Å². The van der Waals surface area contributed by atoms with Gasteiger partial charge in [-0.15, -0.1) is 0 Å². The van der Waals surface area contributed by atoms with Crippen molar-refractivity contribution in [2.24, 2.45) is 0 Å². The summed E-state index contributed by atoms with van der Waals surface area (Å²) in [6.07, 6.45) is 7.11. The summed E-state index contributed by atoms with van der Waals surface area (Å²) in [5, 5.41) is 3.59. The van der Waals surface area contributed by atoms with Crippen LogP contribution in [0.25, 0.3) is 0 Å². The smallest absolute Gasteiger partial charge is 0.126 e. The lowest BCUT2D eigenvalue weighted by molar-refractivity contribution is -0.0537. The fraction of sp³-hybridized carbons (Fsp3) is 0.667. The molecule has 1 N–H and O–H groups in total. The highest BCUT2D eigenvalue weighted by Gasteiger charge is 2.39. The topological polar surface area (TPSA) is 21.3 Å². The van der Waals surface area contributed by atoms with E-state index in [-0.39, 0.29) is 17.5 Å². The molecule has 1 fully saturated rings. The van der Waals surface area contributed by atoms with Crippen molar-refractivity contribution in [2.75, 3.05) is 13.7 Å². The van der Waals surface area contributed by atoms with E-state index in [9.17, 15) is 4.39 Å². The number of aryl methyl sites for hydroxylation is 1. The van der Waals surface area contributed by atoms with Crippen molar-refractivity contribution in [1.29, 1.82) is 0 Å². The molecule has 0 aliphatic heterocycles. The van der Waals surface area contributed by atoms with E-state index in [1.54, 1.807) is 6.07 Å². The first-order valence-electron chi connectivity index (χ1n) is 8.17. The van der Waals surface area contributed by atoms with Gasteiger partial charge in [-0.05, 0) is 43.5 Å². The lowest BCUT2D eigenvalue weighted by Gasteiger charge is -2.40. The Morgan fingerprint density at radius 3 is 2.43 bits per heavy atom. The molecule has 1 aromatic rings. The highest BCUT2D eigenvalue weighted by molar-refractivity contribution is 5.29. The number of hydrogen-bond donors (Lipinski definition) is 1. The summed E-state index contributed by atoms with van der Waals surface area (Å²) >= 11 is 0. The second kappa shape index (κ2) is 7.37. The molecule has 1 aliphatic carbocycles. The molecule has 0 aromatic heterocycles. The molecule has 0 spiro atoms. The van der Waals surface area contributed by atoms with Gasteiger partial charge in [-0.2, -0.15) is 0 Å². The number of benzene rings is 1. The summed E-state index contributed by atoms with van der Waals surface area (Å²) in [7, 11) is 1.83. The highest BCUT2D eigenvalue weighted by Crippen LogP contribution is 2.40. The first-order valence-corrected chi connectivity index (χ1v) is 8.17. The van der Waals surface area contributed by atoms with Gasteiger partial charge in [0.2, 0.25) is 0 Å². The third-order valence-corrected chi connectivity index (χ3v) is 4.81.